The third-order valence-corrected chi connectivity index (χ3v) is 3.61. The SMILES string of the molecule is CC(C)c1nc(N(C)CCC(F)(F)F)sc1C(=O)O. The van der Waals surface area contributed by atoms with E-state index in [9.17, 15) is 18.0 Å². The third-order valence-electron chi connectivity index (χ3n) is 2.44. The average Bonchev–Trinajstić information content (AvgIpc) is 2.69. The number of hydrogen-bond donors (Lipinski definition) is 1. The normalized spacial score (nSPS) is 11.9. The van der Waals surface area contributed by atoms with Gasteiger partial charge in [-0.05, 0) is 5.92 Å². The number of thiazole rings is 1. The fraction of sp³-hybridized carbons (Fsp3) is 0.636. The van der Waals surface area contributed by atoms with Crippen LogP contribution in [0.5, 0.6) is 0 Å². The molecule has 0 spiro atoms. The van der Waals surface area contributed by atoms with Crippen molar-refractivity contribution in [1.82, 2.24) is 4.98 Å². The number of hydrogen-bond acceptors (Lipinski definition) is 4. The van der Waals surface area contributed by atoms with Crippen molar-refractivity contribution in [2.24, 2.45) is 0 Å². The predicted molar refractivity (Wildman–Crippen MR) is 67.1 cm³/mol. The molecule has 0 unspecified atom stereocenters. The number of carboxylic acids is 1. The van der Waals surface area contributed by atoms with Gasteiger partial charge in [0, 0.05) is 13.6 Å². The van der Waals surface area contributed by atoms with Crippen LogP contribution in [-0.2, 0) is 0 Å². The Kier molecular flexibility index (Phi) is 4.78. The van der Waals surface area contributed by atoms with E-state index in [1.807, 2.05) is 0 Å². The summed E-state index contributed by atoms with van der Waals surface area (Å²) in [5, 5.41) is 9.34. The van der Waals surface area contributed by atoms with Crippen LogP contribution in [0.15, 0.2) is 0 Å². The number of carboxylic acid groups (broad SMARTS) is 1. The first-order valence-corrected chi connectivity index (χ1v) is 6.45. The van der Waals surface area contributed by atoms with Gasteiger partial charge in [-0.3, -0.25) is 0 Å². The average molecular weight is 296 g/mol. The Morgan fingerprint density at radius 2 is 2.05 bits per heavy atom. The lowest BCUT2D eigenvalue weighted by atomic mass is 10.1. The molecule has 1 aromatic heterocycles. The molecule has 0 fully saturated rings. The van der Waals surface area contributed by atoms with Crippen molar-refractivity contribution in [3.63, 3.8) is 0 Å². The summed E-state index contributed by atoms with van der Waals surface area (Å²) in [5.74, 6) is -1.19. The van der Waals surface area contributed by atoms with Gasteiger partial charge in [0.25, 0.3) is 0 Å². The summed E-state index contributed by atoms with van der Waals surface area (Å²) in [6.45, 7) is 3.34. The largest absolute Gasteiger partial charge is 0.477 e. The number of aromatic nitrogens is 1. The summed E-state index contributed by atoms with van der Waals surface area (Å²) in [4.78, 5) is 16.6. The number of carbonyl (C=O) groups is 1. The van der Waals surface area contributed by atoms with Gasteiger partial charge in [-0.15, -0.1) is 0 Å². The molecule has 0 amide bonds. The zero-order valence-electron chi connectivity index (χ0n) is 10.8. The van der Waals surface area contributed by atoms with Crippen molar-refractivity contribution >= 4 is 22.4 Å². The predicted octanol–water partition coefficient (Wildman–Crippen LogP) is 3.35. The van der Waals surface area contributed by atoms with E-state index in [-0.39, 0.29) is 17.3 Å². The molecule has 1 aromatic rings. The van der Waals surface area contributed by atoms with Gasteiger partial charge in [-0.1, -0.05) is 25.2 Å². The molecule has 0 radical (unpaired) electrons. The highest BCUT2D eigenvalue weighted by Gasteiger charge is 2.28. The first kappa shape index (κ1) is 15.7. The molecular formula is C11H15F3N2O2S. The Hall–Kier alpha value is -1.31. The topological polar surface area (TPSA) is 53.4 Å². The van der Waals surface area contributed by atoms with Gasteiger partial charge in [0.15, 0.2) is 5.13 Å². The molecule has 1 N–H and O–H groups in total. The molecule has 0 saturated heterocycles. The highest BCUT2D eigenvalue weighted by molar-refractivity contribution is 7.17. The van der Waals surface area contributed by atoms with Crippen molar-refractivity contribution < 1.29 is 23.1 Å². The smallest absolute Gasteiger partial charge is 0.390 e. The standard InChI is InChI=1S/C11H15F3N2O2S/c1-6(2)7-8(9(17)18)19-10(15-7)16(3)5-4-11(12,13)14/h6H,4-5H2,1-3H3,(H,17,18). The first-order chi connectivity index (χ1) is 8.61. The van der Waals surface area contributed by atoms with Crippen LogP contribution in [0.2, 0.25) is 0 Å². The first-order valence-electron chi connectivity index (χ1n) is 5.63. The van der Waals surface area contributed by atoms with E-state index >= 15 is 0 Å². The minimum Gasteiger partial charge on any atom is -0.477 e. The maximum absolute atomic E-state index is 12.1. The Morgan fingerprint density at radius 3 is 2.42 bits per heavy atom. The maximum Gasteiger partial charge on any atom is 0.390 e. The molecule has 108 valence electrons. The van der Waals surface area contributed by atoms with Crippen LogP contribution < -0.4 is 4.90 Å². The lowest BCUT2D eigenvalue weighted by Crippen LogP contribution is -2.23. The number of aromatic carboxylic acids is 1. The summed E-state index contributed by atoms with van der Waals surface area (Å²) in [6, 6.07) is 0. The maximum atomic E-state index is 12.1. The van der Waals surface area contributed by atoms with Crippen molar-refractivity contribution in [3.05, 3.63) is 10.6 Å². The van der Waals surface area contributed by atoms with Gasteiger partial charge in [0.1, 0.15) is 4.88 Å². The molecular weight excluding hydrogens is 281 g/mol. The van der Waals surface area contributed by atoms with Crippen LogP contribution in [0.4, 0.5) is 18.3 Å². The second-order valence-electron chi connectivity index (χ2n) is 4.46. The molecule has 1 rings (SSSR count). The van der Waals surface area contributed by atoms with E-state index in [0.29, 0.717) is 10.8 Å². The van der Waals surface area contributed by atoms with Crippen molar-refractivity contribution in [2.75, 3.05) is 18.5 Å². The molecule has 0 saturated carbocycles. The summed E-state index contributed by atoms with van der Waals surface area (Å²) in [5.41, 5.74) is 0.409. The number of halogens is 3. The van der Waals surface area contributed by atoms with E-state index in [2.05, 4.69) is 4.98 Å². The van der Waals surface area contributed by atoms with Crippen LogP contribution in [0.1, 0.15) is 41.6 Å². The zero-order chi connectivity index (χ0) is 14.8. The van der Waals surface area contributed by atoms with Gasteiger partial charge >= 0.3 is 12.1 Å². The lowest BCUT2D eigenvalue weighted by molar-refractivity contribution is -0.132. The van der Waals surface area contributed by atoms with Gasteiger partial charge in [0.2, 0.25) is 0 Å². The quantitative estimate of drug-likeness (QED) is 0.905. The number of alkyl halides is 3. The van der Waals surface area contributed by atoms with Gasteiger partial charge in [-0.25, -0.2) is 9.78 Å². The number of anilines is 1. The Labute approximate surface area is 112 Å². The highest BCUT2D eigenvalue weighted by atomic mass is 32.1. The lowest BCUT2D eigenvalue weighted by Gasteiger charge is -2.16. The summed E-state index contributed by atoms with van der Waals surface area (Å²) in [6.07, 6.45) is -5.19. The Morgan fingerprint density at radius 1 is 1.47 bits per heavy atom. The minimum atomic E-state index is -4.23. The van der Waals surface area contributed by atoms with Crippen LogP contribution in [0, 0.1) is 0 Å². The molecule has 0 aromatic carbocycles. The van der Waals surface area contributed by atoms with E-state index < -0.39 is 18.6 Å². The molecule has 0 aliphatic carbocycles. The number of rotatable bonds is 5. The van der Waals surface area contributed by atoms with Gasteiger partial charge in [0.05, 0.1) is 12.1 Å². The second kappa shape index (κ2) is 5.77. The van der Waals surface area contributed by atoms with Crippen LogP contribution >= 0.6 is 11.3 Å². The molecule has 8 heteroatoms. The van der Waals surface area contributed by atoms with E-state index in [1.54, 1.807) is 13.8 Å². The molecule has 19 heavy (non-hydrogen) atoms. The van der Waals surface area contributed by atoms with Gasteiger partial charge < -0.3 is 10.0 Å². The summed E-state index contributed by atoms with van der Waals surface area (Å²) < 4.78 is 36.4. The minimum absolute atomic E-state index is 0.0869. The van der Waals surface area contributed by atoms with E-state index in [4.69, 9.17) is 5.11 Å². The Balaban J connectivity index is 2.89. The van der Waals surface area contributed by atoms with Crippen molar-refractivity contribution in [2.45, 2.75) is 32.4 Å². The Bertz CT molecular complexity index is 457. The van der Waals surface area contributed by atoms with Crippen LogP contribution in [0.3, 0.4) is 0 Å². The second-order valence-corrected chi connectivity index (χ2v) is 5.43. The van der Waals surface area contributed by atoms with Gasteiger partial charge in [-0.2, -0.15) is 13.2 Å². The molecule has 0 bridgehead atoms. The van der Waals surface area contributed by atoms with Crippen LogP contribution in [-0.4, -0.2) is 35.8 Å². The number of nitrogens with zero attached hydrogens (tertiary/aromatic N) is 2. The molecule has 1 heterocycles. The molecule has 0 aliphatic rings. The molecule has 4 nitrogen and oxygen atoms in total. The summed E-state index contributed by atoms with van der Waals surface area (Å²) in [7, 11) is 1.47. The monoisotopic (exact) mass is 296 g/mol. The molecule has 0 atom stereocenters. The van der Waals surface area contributed by atoms with E-state index in [1.165, 1.54) is 11.9 Å². The van der Waals surface area contributed by atoms with E-state index in [0.717, 1.165) is 11.3 Å². The fourth-order valence-corrected chi connectivity index (χ4v) is 2.47. The molecule has 0 aliphatic heterocycles. The van der Waals surface area contributed by atoms with Crippen molar-refractivity contribution in [1.29, 1.82) is 0 Å². The highest BCUT2D eigenvalue weighted by Crippen LogP contribution is 2.31. The third kappa shape index (κ3) is 4.38. The zero-order valence-corrected chi connectivity index (χ0v) is 11.6. The van der Waals surface area contributed by atoms with Crippen molar-refractivity contribution in [3.8, 4) is 0 Å². The fourth-order valence-electron chi connectivity index (χ4n) is 1.42. The summed E-state index contributed by atoms with van der Waals surface area (Å²) >= 11 is 0.903. The van der Waals surface area contributed by atoms with Crippen LogP contribution in [0.25, 0.3) is 0 Å².